The Kier molecular flexibility index (Phi) is 6.01. The number of thioether (sulfide) groups is 1. The number of carbonyl (C=O) groups is 2. The summed E-state index contributed by atoms with van der Waals surface area (Å²) in [4.78, 5) is 23.8. The molecule has 1 heterocycles. The van der Waals surface area contributed by atoms with Crippen molar-refractivity contribution in [2.75, 3.05) is 5.75 Å². The van der Waals surface area contributed by atoms with Gasteiger partial charge in [0.2, 0.25) is 11.8 Å². The summed E-state index contributed by atoms with van der Waals surface area (Å²) < 4.78 is 0. The predicted molar refractivity (Wildman–Crippen MR) is 84.0 cm³/mol. The van der Waals surface area contributed by atoms with Gasteiger partial charge in [0.1, 0.15) is 5.92 Å². The van der Waals surface area contributed by atoms with E-state index in [2.05, 4.69) is 16.7 Å². The van der Waals surface area contributed by atoms with Crippen LogP contribution in [0.5, 0.6) is 0 Å². The summed E-state index contributed by atoms with van der Waals surface area (Å²) in [6, 6.07) is 4.09. The first-order valence-electron chi connectivity index (χ1n) is 7.05. The molecule has 1 rings (SSSR count). The molecule has 0 aromatic rings. The standard InChI is InChI=1S/C15H20N4O2S/c1-5-9(2)18-12(20)8-22-14-11(7-17)15(3,4)10(6-16)13(21)19-14/h9-10H,5,8H2,1-4H3,(H,18,20)(H,19,21)/t9-,10-/m1/s1. The van der Waals surface area contributed by atoms with E-state index in [9.17, 15) is 14.9 Å². The number of hydrogen-bond donors (Lipinski definition) is 2. The van der Waals surface area contributed by atoms with Gasteiger partial charge in [0.05, 0.1) is 28.5 Å². The molecular weight excluding hydrogens is 300 g/mol. The molecule has 0 bridgehead atoms. The maximum absolute atomic E-state index is 12.0. The molecule has 1 aliphatic rings. The Labute approximate surface area is 134 Å². The van der Waals surface area contributed by atoms with Crippen molar-refractivity contribution < 1.29 is 9.59 Å². The van der Waals surface area contributed by atoms with E-state index in [1.54, 1.807) is 13.8 Å². The summed E-state index contributed by atoms with van der Waals surface area (Å²) in [6.07, 6.45) is 0.830. The second-order valence-corrected chi connectivity index (χ2v) is 6.74. The number of amides is 2. The topological polar surface area (TPSA) is 106 Å². The minimum Gasteiger partial charge on any atom is -0.353 e. The molecule has 0 aromatic carbocycles. The lowest BCUT2D eigenvalue weighted by molar-refractivity contribution is -0.125. The summed E-state index contributed by atoms with van der Waals surface area (Å²) in [5.74, 6) is -1.39. The molecule has 0 spiro atoms. The molecule has 7 heteroatoms. The third-order valence-corrected chi connectivity index (χ3v) is 4.70. The molecule has 118 valence electrons. The molecule has 0 saturated carbocycles. The van der Waals surface area contributed by atoms with Crippen LogP contribution in [0, 0.1) is 34.0 Å². The average molecular weight is 320 g/mol. The lowest BCUT2D eigenvalue weighted by atomic mass is 9.72. The number of nitriles is 2. The normalized spacial score (nSPS) is 21.4. The van der Waals surface area contributed by atoms with Gasteiger partial charge in [-0.15, -0.1) is 0 Å². The minimum atomic E-state index is -0.916. The summed E-state index contributed by atoms with van der Waals surface area (Å²) in [5.41, 5.74) is -0.540. The van der Waals surface area contributed by atoms with Crippen LogP contribution in [0.1, 0.15) is 34.1 Å². The van der Waals surface area contributed by atoms with Gasteiger partial charge in [-0.05, 0) is 13.3 Å². The number of carbonyl (C=O) groups excluding carboxylic acids is 2. The Morgan fingerprint density at radius 1 is 1.50 bits per heavy atom. The third-order valence-electron chi connectivity index (χ3n) is 3.70. The molecule has 1 aliphatic heterocycles. The van der Waals surface area contributed by atoms with Crippen molar-refractivity contribution in [1.82, 2.24) is 10.6 Å². The fourth-order valence-corrected chi connectivity index (χ4v) is 3.08. The molecular formula is C15H20N4O2S. The second kappa shape index (κ2) is 7.33. The molecule has 6 nitrogen and oxygen atoms in total. The quantitative estimate of drug-likeness (QED) is 0.801. The summed E-state index contributed by atoms with van der Waals surface area (Å²) in [5, 5.41) is 24.3. The molecule has 0 unspecified atom stereocenters. The zero-order valence-corrected chi connectivity index (χ0v) is 14.0. The monoisotopic (exact) mass is 320 g/mol. The molecule has 2 N–H and O–H groups in total. The first kappa shape index (κ1) is 18.1. The highest BCUT2D eigenvalue weighted by Gasteiger charge is 2.44. The van der Waals surface area contributed by atoms with Gasteiger partial charge < -0.3 is 10.6 Å². The number of rotatable bonds is 5. The van der Waals surface area contributed by atoms with Crippen LogP contribution in [0.3, 0.4) is 0 Å². The predicted octanol–water partition coefficient (Wildman–Crippen LogP) is 1.67. The molecule has 0 aliphatic carbocycles. The van der Waals surface area contributed by atoms with Crippen molar-refractivity contribution in [2.24, 2.45) is 11.3 Å². The minimum absolute atomic E-state index is 0.0814. The van der Waals surface area contributed by atoms with Crippen molar-refractivity contribution in [3.8, 4) is 12.1 Å². The number of nitrogens with one attached hydrogen (secondary N) is 2. The maximum atomic E-state index is 12.0. The van der Waals surface area contributed by atoms with E-state index in [1.807, 2.05) is 19.9 Å². The maximum Gasteiger partial charge on any atom is 0.243 e. The lowest BCUT2D eigenvalue weighted by Gasteiger charge is -2.34. The first-order valence-corrected chi connectivity index (χ1v) is 8.03. The molecule has 2 atom stereocenters. The van der Waals surface area contributed by atoms with E-state index in [-0.39, 0.29) is 17.7 Å². The van der Waals surface area contributed by atoms with Gasteiger partial charge in [-0.25, -0.2) is 0 Å². The molecule has 0 aromatic heterocycles. The summed E-state index contributed by atoms with van der Waals surface area (Å²) in [7, 11) is 0. The average Bonchev–Trinajstić information content (AvgIpc) is 2.44. The van der Waals surface area contributed by atoms with Crippen LogP contribution >= 0.6 is 11.8 Å². The first-order chi connectivity index (χ1) is 10.3. The highest BCUT2D eigenvalue weighted by Crippen LogP contribution is 2.41. The van der Waals surface area contributed by atoms with Crippen molar-refractivity contribution in [3.05, 3.63) is 10.6 Å². The Morgan fingerprint density at radius 3 is 2.64 bits per heavy atom. The van der Waals surface area contributed by atoms with Crippen LogP contribution in [0.4, 0.5) is 0 Å². The fourth-order valence-electron chi connectivity index (χ4n) is 2.09. The SMILES string of the molecule is CC[C@@H](C)NC(=O)CSC1=C(C#N)C(C)(C)[C@H](C#N)C(=O)N1. The molecule has 22 heavy (non-hydrogen) atoms. The van der Waals surface area contributed by atoms with Crippen LogP contribution in [-0.4, -0.2) is 23.6 Å². The van der Waals surface area contributed by atoms with Gasteiger partial charge in [-0.3, -0.25) is 9.59 Å². The van der Waals surface area contributed by atoms with Crippen LogP contribution in [0.25, 0.3) is 0 Å². The zero-order chi connectivity index (χ0) is 16.9. The highest BCUT2D eigenvalue weighted by molar-refractivity contribution is 8.03. The summed E-state index contributed by atoms with van der Waals surface area (Å²) >= 11 is 1.11. The largest absolute Gasteiger partial charge is 0.353 e. The van der Waals surface area contributed by atoms with Crippen LogP contribution < -0.4 is 10.6 Å². The van der Waals surface area contributed by atoms with Crippen LogP contribution in [0.2, 0.25) is 0 Å². The molecule has 2 amide bonds. The highest BCUT2D eigenvalue weighted by atomic mass is 32.2. The van der Waals surface area contributed by atoms with Crippen molar-refractivity contribution in [1.29, 1.82) is 10.5 Å². The Morgan fingerprint density at radius 2 is 2.14 bits per heavy atom. The molecule has 0 fully saturated rings. The van der Waals surface area contributed by atoms with Gasteiger partial charge in [0.15, 0.2) is 0 Å². The van der Waals surface area contributed by atoms with Gasteiger partial charge in [0, 0.05) is 11.5 Å². The van der Waals surface area contributed by atoms with E-state index >= 15 is 0 Å². The van der Waals surface area contributed by atoms with Gasteiger partial charge >= 0.3 is 0 Å². The van der Waals surface area contributed by atoms with Gasteiger partial charge in [-0.1, -0.05) is 32.5 Å². The molecule has 0 radical (unpaired) electrons. The van der Waals surface area contributed by atoms with Crippen molar-refractivity contribution >= 4 is 23.6 Å². The van der Waals surface area contributed by atoms with E-state index < -0.39 is 17.2 Å². The second-order valence-electron chi connectivity index (χ2n) is 5.75. The smallest absolute Gasteiger partial charge is 0.243 e. The van der Waals surface area contributed by atoms with E-state index in [4.69, 9.17) is 5.26 Å². The fraction of sp³-hybridized carbons (Fsp3) is 0.600. The third kappa shape index (κ3) is 3.80. The number of allylic oxidation sites excluding steroid dienone is 1. The van der Waals surface area contributed by atoms with Crippen molar-refractivity contribution in [2.45, 2.75) is 40.2 Å². The zero-order valence-electron chi connectivity index (χ0n) is 13.2. The van der Waals surface area contributed by atoms with E-state index in [0.717, 1.165) is 18.2 Å². The molecule has 0 saturated heterocycles. The number of nitrogens with zero attached hydrogens (tertiary/aromatic N) is 2. The van der Waals surface area contributed by atoms with E-state index in [1.165, 1.54) is 0 Å². The van der Waals surface area contributed by atoms with Crippen LogP contribution in [0.15, 0.2) is 10.6 Å². The van der Waals surface area contributed by atoms with Gasteiger partial charge in [0.25, 0.3) is 0 Å². The Balaban J connectivity index is 2.91. The van der Waals surface area contributed by atoms with Crippen LogP contribution in [-0.2, 0) is 9.59 Å². The van der Waals surface area contributed by atoms with Crippen molar-refractivity contribution in [3.63, 3.8) is 0 Å². The van der Waals surface area contributed by atoms with Gasteiger partial charge in [-0.2, -0.15) is 10.5 Å². The number of hydrogen-bond acceptors (Lipinski definition) is 5. The Hall–Kier alpha value is -1.99. The lowest BCUT2D eigenvalue weighted by Crippen LogP contribution is -2.44. The van der Waals surface area contributed by atoms with E-state index in [0.29, 0.717) is 10.6 Å². The Bertz CT molecular complexity index is 583. The summed E-state index contributed by atoms with van der Waals surface area (Å²) in [6.45, 7) is 7.27.